The van der Waals surface area contributed by atoms with E-state index in [0.717, 1.165) is 59.8 Å². The molecule has 1 saturated heterocycles. The number of hydrogen-bond donors (Lipinski definition) is 2. The molecule has 0 radical (unpaired) electrons. The fraction of sp³-hybridized carbons (Fsp3) is 0.412. The molecule has 41 heavy (non-hydrogen) atoms. The largest absolute Gasteiger partial charge is 0.496 e. The molecule has 3 aromatic carbocycles. The molecule has 5 rings (SSSR count). The summed E-state index contributed by atoms with van der Waals surface area (Å²) in [6.45, 7) is 12.2. The maximum atomic E-state index is 6.56. The number of benzene rings is 3. The Bertz CT molecular complexity index is 1310. The third-order valence-corrected chi connectivity index (χ3v) is 7.78. The van der Waals surface area contributed by atoms with Gasteiger partial charge in [-0.15, -0.1) is 0 Å². The second-order valence-electron chi connectivity index (χ2n) is 11.1. The van der Waals surface area contributed by atoms with Gasteiger partial charge >= 0.3 is 0 Å². The molecule has 2 N–H and O–H groups in total. The van der Waals surface area contributed by atoms with E-state index in [-0.39, 0.29) is 6.10 Å². The van der Waals surface area contributed by atoms with Gasteiger partial charge in [0.05, 0.1) is 45.3 Å². The second kappa shape index (κ2) is 13.4. The van der Waals surface area contributed by atoms with Crippen molar-refractivity contribution in [2.75, 3.05) is 38.7 Å². The Morgan fingerprint density at radius 2 is 1.76 bits per heavy atom. The van der Waals surface area contributed by atoms with Gasteiger partial charge in [-0.05, 0) is 57.2 Å². The van der Waals surface area contributed by atoms with E-state index in [1.165, 1.54) is 5.56 Å². The second-order valence-corrected chi connectivity index (χ2v) is 11.1. The molecule has 3 aromatic rings. The number of anilines is 1. The SMILES string of the molecule is C=C1Nc2c(CO[C@H]3CNCC[C@@H]3c3ccc(OCCCOCc4ccccc4OC)cc3)cccc2C(C)(C)O1. The summed E-state index contributed by atoms with van der Waals surface area (Å²) < 4.78 is 29.7. The van der Waals surface area contributed by atoms with Crippen LogP contribution in [0.4, 0.5) is 5.69 Å². The first kappa shape index (κ1) is 29.0. The van der Waals surface area contributed by atoms with Crippen molar-refractivity contribution in [2.45, 2.75) is 57.5 Å². The molecular formula is C34H42N2O5. The van der Waals surface area contributed by atoms with Crippen molar-refractivity contribution < 1.29 is 23.7 Å². The van der Waals surface area contributed by atoms with Crippen molar-refractivity contribution in [1.82, 2.24) is 5.32 Å². The zero-order chi connectivity index (χ0) is 28.7. The minimum Gasteiger partial charge on any atom is -0.496 e. The molecule has 2 aliphatic heterocycles. The summed E-state index contributed by atoms with van der Waals surface area (Å²) in [6, 6.07) is 22.7. The molecule has 2 atom stereocenters. The lowest BCUT2D eigenvalue weighted by molar-refractivity contribution is 0.00944. The number of hydrogen-bond acceptors (Lipinski definition) is 7. The number of nitrogens with one attached hydrogen (secondary N) is 2. The highest BCUT2D eigenvalue weighted by Gasteiger charge is 2.33. The van der Waals surface area contributed by atoms with Gasteiger partial charge in [0.25, 0.3) is 0 Å². The molecule has 218 valence electrons. The molecule has 2 aliphatic rings. The van der Waals surface area contributed by atoms with E-state index in [9.17, 15) is 0 Å². The molecule has 7 nitrogen and oxygen atoms in total. The van der Waals surface area contributed by atoms with Gasteiger partial charge in [0.1, 0.15) is 17.1 Å². The number of piperidine rings is 1. The molecule has 2 heterocycles. The maximum Gasteiger partial charge on any atom is 0.184 e. The smallest absolute Gasteiger partial charge is 0.184 e. The van der Waals surface area contributed by atoms with Gasteiger partial charge in [-0.25, -0.2) is 0 Å². The standard InChI is InChI=1S/C34H42N2O5/c1-24-36-33-27(10-7-11-30(33)34(2,3)41-24)23-40-32-21-35-18-17-29(32)25-13-15-28(16-14-25)39-20-8-19-38-22-26-9-5-6-12-31(26)37-4/h5-7,9-16,29,32,35-36H,1,8,17-23H2,2-4H3/t29-,32+/m1/s1. The Morgan fingerprint density at radius 3 is 2.59 bits per heavy atom. The predicted molar refractivity (Wildman–Crippen MR) is 161 cm³/mol. The lowest BCUT2D eigenvalue weighted by Gasteiger charge is -2.37. The first-order chi connectivity index (χ1) is 19.9. The van der Waals surface area contributed by atoms with Crippen molar-refractivity contribution in [3.8, 4) is 11.5 Å². The van der Waals surface area contributed by atoms with E-state index in [1.807, 2.05) is 24.3 Å². The van der Waals surface area contributed by atoms with Crippen LogP contribution in [0.15, 0.2) is 79.2 Å². The van der Waals surface area contributed by atoms with Gasteiger partial charge in [-0.2, -0.15) is 0 Å². The normalized spacial score (nSPS) is 19.5. The summed E-state index contributed by atoms with van der Waals surface area (Å²) in [6.07, 6.45) is 1.91. The average molecular weight is 559 g/mol. The van der Waals surface area contributed by atoms with Crippen LogP contribution < -0.4 is 20.1 Å². The summed E-state index contributed by atoms with van der Waals surface area (Å²) in [7, 11) is 1.68. The van der Waals surface area contributed by atoms with Crippen molar-refractivity contribution >= 4 is 5.69 Å². The van der Waals surface area contributed by atoms with E-state index in [4.69, 9.17) is 23.7 Å². The van der Waals surface area contributed by atoms with Crippen LogP contribution in [-0.2, 0) is 33.0 Å². The van der Waals surface area contributed by atoms with Crippen LogP contribution in [0, 0.1) is 0 Å². The van der Waals surface area contributed by atoms with Crippen molar-refractivity contribution in [1.29, 1.82) is 0 Å². The third kappa shape index (κ3) is 7.22. The van der Waals surface area contributed by atoms with E-state index in [0.29, 0.717) is 38.2 Å². The Morgan fingerprint density at radius 1 is 0.951 bits per heavy atom. The van der Waals surface area contributed by atoms with Gasteiger partial charge in [0, 0.05) is 35.6 Å². The fourth-order valence-electron chi connectivity index (χ4n) is 5.65. The molecule has 0 unspecified atom stereocenters. The van der Waals surface area contributed by atoms with E-state index >= 15 is 0 Å². The quantitative estimate of drug-likeness (QED) is 0.246. The number of ether oxygens (including phenoxy) is 5. The highest BCUT2D eigenvalue weighted by molar-refractivity contribution is 5.63. The molecule has 0 aromatic heterocycles. The van der Waals surface area contributed by atoms with E-state index < -0.39 is 5.60 Å². The van der Waals surface area contributed by atoms with E-state index in [2.05, 4.69) is 73.5 Å². The highest BCUT2D eigenvalue weighted by Crippen LogP contribution is 2.40. The van der Waals surface area contributed by atoms with Crippen LogP contribution in [0.2, 0.25) is 0 Å². The Kier molecular flexibility index (Phi) is 9.49. The van der Waals surface area contributed by atoms with Gasteiger partial charge in [-0.1, -0.05) is 48.5 Å². The molecule has 0 bridgehead atoms. The first-order valence-corrected chi connectivity index (χ1v) is 14.5. The van der Waals surface area contributed by atoms with Crippen LogP contribution in [0.5, 0.6) is 11.5 Å². The Balaban J connectivity index is 1.11. The molecule has 0 aliphatic carbocycles. The molecular weight excluding hydrogens is 516 g/mol. The van der Waals surface area contributed by atoms with Gasteiger partial charge in [-0.3, -0.25) is 0 Å². The lowest BCUT2D eigenvalue weighted by atomic mass is 9.87. The summed E-state index contributed by atoms with van der Waals surface area (Å²) in [5.74, 6) is 2.61. The average Bonchev–Trinajstić information content (AvgIpc) is 2.98. The number of fused-ring (bicyclic) bond motifs is 1. The van der Waals surface area contributed by atoms with Crippen LogP contribution in [-0.4, -0.2) is 39.5 Å². The van der Waals surface area contributed by atoms with Crippen molar-refractivity contribution in [3.05, 3.63) is 101 Å². The number of methoxy groups -OCH3 is 1. The third-order valence-electron chi connectivity index (χ3n) is 7.78. The summed E-state index contributed by atoms with van der Waals surface area (Å²) in [5.41, 5.74) is 5.16. The number of para-hydroxylation sites is 2. The maximum absolute atomic E-state index is 6.56. The summed E-state index contributed by atoms with van der Waals surface area (Å²) >= 11 is 0. The topological polar surface area (TPSA) is 70.2 Å². The lowest BCUT2D eigenvalue weighted by Crippen LogP contribution is -2.41. The van der Waals surface area contributed by atoms with Crippen molar-refractivity contribution in [2.24, 2.45) is 0 Å². The van der Waals surface area contributed by atoms with Crippen LogP contribution in [0.25, 0.3) is 0 Å². The van der Waals surface area contributed by atoms with Crippen LogP contribution >= 0.6 is 0 Å². The Hall–Kier alpha value is -3.52. The van der Waals surface area contributed by atoms with Crippen LogP contribution in [0.3, 0.4) is 0 Å². The molecule has 0 spiro atoms. The van der Waals surface area contributed by atoms with Gasteiger partial charge in [0.15, 0.2) is 5.88 Å². The minimum absolute atomic E-state index is 0.0721. The fourth-order valence-corrected chi connectivity index (χ4v) is 5.65. The minimum atomic E-state index is -0.435. The van der Waals surface area contributed by atoms with Gasteiger partial charge in [0.2, 0.25) is 0 Å². The van der Waals surface area contributed by atoms with Crippen LogP contribution in [0.1, 0.15) is 54.9 Å². The zero-order valence-electron chi connectivity index (χ0n) is 24.4. The molecule has 0 saturated carbocycles. The Labute approximate surface area is 243 Å². The summed E-state index contributed by atoms with van der Waals surface area (Å²) in [5, 5.41) is 6.83. The first-order valence-electron chi connectivity index (χ1n) is 14.5. The summed E-state index contributed by atoms with van der Waals surface area (Å²) in [4.78, 5) is 0. The molecule has 1 fully saturated rings. The van der Waals surface area contributed by atoms with Crippen molar-refractivity contribution in [3.63, 3.8) is 0 Å². The molecule has 7 heteroatoms. The predicted octanol–water partition coefficient (Wildman–Crippen LogP) is 6.49. The zero-order valence-corrected chi connectivity index (χ0v) is 24.4. The van der Waals surface area contributed by atoms with E-state index in [1.54, 1.807) is 7.11 Å². The number of rotatable bonds is 12. The molecule has 0 amide bonds. The monoisotopic (exact) mass is 558 g/mol. The highest BCUT2D eigenvalue weighted by atomic mass is 16.5. The van der Waals surface area contributed by atoms with Gasteiger partial charge < -0.3 is 34.3 Å².